The third-order valence-corrected chi connectivity index (χ3v) is 5.04. The topological polar surface area (TPSA) is 15.3 Å². The predicted octanol–water partition coefficient (Wildman–Crippen LogP) is 3.69. The molecule has 2 atom stereocenters. The van der Waals surface area contributed by atoms with E-state index in [0.717, 1.165) is 13.0 Å². The molecular weight excluding hydrogens is 252 g/mol. The molecule has 0 aliphatic carbocycles. The lowest BCUT2D eigenvalue weighted by Crippen LogP contribution is -2.40. The summed E-state index contributed by atoms with van der Waals surface area (Å²) in [4.78, 5) is 2.54. The Balaban J connectivity index is 2.08. The third kappa shape index (κ3) is 3.67. The summed E-state index contributed by atoms with van der Waals surface area (Å²) >= 11 is 2.07. The maximum atomic E-state index is 3.54. The lowest BCUT2D eigenvalue weighted by atomic mass is 10.0. The van der Waals surface area contributed by atoms with Gasteiger partial charge in [-0.25, -0.2) is 0 Å². The van der Waals surface area contributed by atoms with Crippen LogP contribution in [0.5, 0.6) is 0 Å². The van der Waals surface area contributed by atoms with E-state index in [4.69, 9.17) is 0 Å². The first-order valence-corrected chi connectivity index (χ1v) is 8.59. The highest BCUT2D eigenvalue weighted by atomic mass is 32.2. The second kappa shape index (κ2) is 7.20. The van der Waals surface area contributed by atoms with Crippen LogP contribution in [0.2, 0.25) is 0 Å². The normalized spacial score (nSPS) is 21.4. The Bertz CT molecular complexity index is 377. The zero-order chi connectivity index (χ0) is 13.7. The van der Waals surface area contributed by atoms with Crippen molar-refractivity contribution in [2.24, 2.45) is 0 Å². The molecule has 0 bridgehead atoms. The Hall–Kier alpha value is -0.670. The van der Waals surface area contributed by atoms with Crippen LogP contribution in [0.3, 0.4) is 0 Å². The lowest BCUT2D eigenvalue weighted by Gasteiger charge is -2.35. The van der Waals surface area contributed by atoms with Crippen LogP contribution in [-0.2, 0) is 0 Å². The van der Waals surface area contributed by atoms with Crippen LogP contribution in [0.15, 0.2) is 24.3 Å². The molecule has 106 valence electrons. The van der Waals surface area contributed by atoms with E-state index in [-0.39, 0.29) is 0 Å². The van der Waals surface area contributed by atoms with Gasteiger partial charge in [0.15, 0.2) is 0 Å². The Labute approximate surface area is 122 Å². The number of anilines is 1. The van der Waals surface area contributed by atoms with E-state index < -0.39 is 0 Å². The zero-order valence-corrected chi connectivity index (χ0v) is 13.2. The molecule has 2 nitrogen and oxygen atoms in total. The molecule has 1 aromatic rings. The minimum absolute atomic E-state index is 0.494. The molecule has 3 heteroatoms. The van der Waals surface area contributed by atoms with Gasteiger partial charge in [-0.3, -0.25) is 0 Å². The quantitative estimate of drug-likeness (QED) is 0.884. The molecule has 1 aromatic carbocycles. The van der Waals surface area contributed by atoms with Crippen LogP contribution >= 0.6 is 11.8 Å². The van der Waals surface area contributed by atoms with Gasteiger partial charge >= 0.3 is 0 Å². The van der Waals surface area contributed by atoms with Gasteiger partial charge in [0.05, 0.1) is 0 Å². The van der Waals surface area contributed by atoms with Crippen molar-refractivity contribution in [3.05, 3.63) is 29.8 Å². The summed E-state index contributed by atoms with van der Waals surface area (Å²) in [6.45, 7) is 8.94. The second-order valence-electron chi connectivity index (χ2n) is 5.23. The minimum atomic E-state index is 0.494. The predicted molar refractivity (Wildman–Crippen MR) is 87.3 cm³/mol. The van der Waals surface area contributed by atoms with Crippen molar-refractivity contribution < 1.29 is 0 Å². The molecule has 1 heterocycles. The monoisotopic (exact) mass is 278 g/mol. The first kappa shape index (κ1) is 14.7. The van der Waals surface area contributed by atoms with Crippen molar-refractivity contribution in [1.29, 1.82) is 0 Å². The fraction of sp³-hybridized carbons (Fsp3) is 0.625. The highest BCUT2D eigenvalue weighted by Gasteiger charge is 2.19. The van der Waals surface area contributed by atoms with Crippen molar-refractivity contribution in [2.75, 3.05) is 29.5 Å². The zero-order valence-electron chi connectivity index (χ0n) is 12.4. The molecule has 0 saturated carbocycles. The summed E-state index contributed by atoms with van der Waals surface area (Å²) in [6.07, 6.45) is 1.14. The van der Waals surface area contributed by atoms with E-state index in [1.165, 1.54) is 29.3 Å². The summed E-state index contributed by atoms with van der Waals surface area (Å²) < 4.78 is 0. The Morgan fingerprint density at radius 2 is 2.05 bits per heavy atom. The Kier molecular flexibility index (Phi) is 5.59. The summed E-state index contributed by atoms with van der Waals surface area (Å²) in [6, 6.07) is 10.3. The fourth-order valence-corrected chi connectivity index (χ4v) is 3.77. The van der Waals surface area contributed by atoms with E-state index >= 15 is 0 Å². The number of rotatable bonds is 5. The van der Waals surface area contributed by atoms with Crippen LogP contribution in [-0.4, -0.2) is 30.6 Å². The van der Waals surface area contributed by atoms with Crippen molar-refractivity contribution in [2.45, 2.75) is 39.3 Å². The van der Waals surface area contributed by atoms with Gasteiger partial charge in [0, 0.05) is 35.8 Å². The van der Waals surface area contributed by atoms with Crippen LogP contribution in [0, 0.1) is 0 Å². The van der Waals surface area contributed by atoms with Crippen LogP contribution in [0.4, 0.5) is 5.69 Å². The SMILES string of the molecule is CCNC(CC)c1ccc(N2CCSCC2C)cc1. The van der Waals surface area contributed by atoms with Gasteiger partial charge in [0.2, 0.25) is 0 Å². The summed E-state index contributed by atoms with van der Waals surface area (Å²) in [5.74, 6) is 2.50. The van der Waals surface area contributed by atoms with E-state index in [1.807, 2.05) is 0 Å². The van der Waals surface area contributed by atoms with Crippen molar-refractivity contribution in [3.63, 3.8) is 0 Å². The van der Waals surface area contributed by atoms with Gasteiger partial charge < -0.3 is 10.2 Å². The van der Waals surface area contributed by atoms with Gasteiger partial charge in [-0.05, 0) is 37.6 Å². The molecule has 1 N–H and O–H groups in total. The van der Waals surface area contributed by atoms with Gasteiger partial charge in [0.1, 0.15) is 0 Å². The van der Waals surface area contributed by atoms with E-state index in [1.54, 1.807) is 0 Å². The first-order chi connectivity index (χ1) is 9.26. The number of nitrogens with one attached hydrogen (secondary N) is 1. The molecule has 1 fully saturated rings. The Morgan fingerprint density at radius 3 is 2.63 bits per heavy atom. The van der Waals surface area contributed by atoms with Gasteiger partial charge in [0.25, 0.3) is 0 Å². The number of nitrogens with zero attached hydrogens (tertiary/aromatic N) is 1. The molecule has 0 spiro atoms. The van der Waals surface area contributed by atoms with Crippen LogP contribution in [0.1, 0.15) is 38.8 Å². The van der Waals surface area contributed by atoms with Crippen molar-refractivity contribution in [3.8, 4) is 0 Å². The van der Waals surface area contributed by atoms with Crippen molar-refractivity contribution in [1.82, 2.24) is 5.32 Å². The van der Waals surface area contributed by atoms with E-state index in [0.29, 0.717) is 12.1 Å². The highest BCUT2D eigenvalue weighted by molar-refractivity contribution is 7.99. The maximum Gasteiger partial charge on any atom is 0.0369 e. The average molecular weight is 278 g/mol. The number of thioether (sulfide) groups is 1. The summed E-state index contributed by atoms with van der Waals surface area (Å²) in [5.41, 5.74) is 2.79. The largest absolute Gasteiger partial charge is 0.367 e. The lowest BCUT2D eigenvalue weighted by molar-refractivity contribution is 0.537. The van der Waals surface area contributed by atoms with Crippen LogP contribution < -0.4 is 10.2 Å². The van der Waals surface area contributed by atoms with Gasteiger partial charge in [-0.2, -0.15) is 11.8 Å². The van der Waals surface area contributed by atoms with Gasteiger partial charge in [-0.1, -0.05) is 26.0 Å². The maximum absolute atomic E-state index is 3.54. The number of benzene rings is 1. The van der Waals surface area contributed by atoms with E-state index in [2.05, 4.69) is 67.0 Å². The molecule has 19 heavy (non-hydrogen) atoms. The van der Waals surface area contributed by atoms with E-state index in [9.17, 15) is 0 Å². The molecule has 0 amide bonds. The standard InChI is InChI=1S/C16H26N2S/c1-4-16(17-5-2)14-6-8-15(9-7-14)18-10-11-19-12-13(18)3/h6-9,13,16-17H,4-5,10-12H2,1-3H3. The molecular formula is C16H26N2S. The molecule has 0 radical (unpaired) electrons. The molecule has 0 aromatic heterocycles. The first-order valence-electron chi connectivity index (χ1n) is 7.44. The average Bonchev–Trinajstić information content (AvgIpc) is 2.46. The van der Waals surface area contributed by atoms with Crippen molar-refractivity contribution >= 4 is 17.4 Å². The molecule has 1 aliphatic rings. The van der Waals surface area contributed by atoms with Crippen LogP contribution in [0.25, 0.3) is 0 Å². The molecule has 1 saturated heterocycles. The number of hydrogen-bond acceptors (Lipinski definition) is 3. The Morgan fingerprint density at radius 1 is 1.32 bits per heavy atom. The third-order valence-electron chi connectivity index (χ3n) is 3.85. The fourth-order valence-electron chi connectivity index (χ4n) is 2.75. The smallest absolute Gasteiger partial charge is 0.0369 e. The summed E-state index contributed by atoms with van der Waals surface area (Å²) in [5, 5.41) is 3.54. The highest BCUT2D eigenvalue weighted by Crippen LogP contribution is 2.26. The molecule has 2 rings (SSSR count). The van der Waals surface area contributed by atoms with Gasteiger partial charge in [-0.15, -0.1) is 0 Å². The minimum Gasteiger partial charge on any atom is -0.367 e. The second-order valence-corrected chi connectivity index (χ2v) is 6.38. The molecule has 2 unspecified atom stereocenters. The number of hydrogen-bond donors (Lipinski definition) is 1. The molecule has 1 aliphatic heterocycles. The summed E-state index contributed by atoms with van der Waals surface area (Å²) in [7, 11) is 0.